The van der Waals surface area contributed by atoms with Crippen LogP contribution in [0.25, 0.3) is 0 Å². The van der Waals surface area contributed by atoms with E-state index in [0.29, 0.717) is 25.0 Å². The fourth-order valence-corrected chi connectivity index (χ4v) is 3.47. The van der Waals surface area contributed by atoms with Crippen molar-refractivity contribution in [3.05, 3.63) is 59.4 Å². The van der Waals surface area contributed by atoms with Crippen molar-refractivity contribution in [2.75, 3.05) is 0 Å². The standard InChI is InChI=1S/C21H26N2O3/c1-15-2-4-16(5-3-15)6-9-20(25)23-17-10-12-21(26,13-11-17)19-8-7-18(24)14-22-19/h2-5,7-8,14,17,24,26H,6,9-13H2,1H3,(H,23,25)/t17-,21+. The smallest absolute Gasteiger partial charge is 0.220 e. The molecule has 1 aromatic carbocycles. The Morgan fingerprint density at radius 1 is 1.19 bits per heavy atom. The van der Waals surface area contributed by atoms with E-state index in [9.17, 15) is 15.0 Å². The minimum atomic E-state index is -0.975. The summed E-state index contributed by atoms with van der Waals surface area (Å²) >= 11 is 0. The predicted molar refractivity (Wildman–Crippen MR) is 99.7 cm³/mol. The molecule has 1 heterocycles. The monoisotopic (exact) mass is 354 g/mol. The van der Waals surface area contributed by atoms with Crippen LogP contribution in [-0.2, 0) is 16.8 Å². The van der Waals surface area contributed by atoms with E-state index in [1.807, 2.05) is 0 Å². The second kappa shape index (κ2) is 7.87. The van der Waals surface area contributed by atoms with Crippen molar-refractivity contribution in [1.29, 1.82) is 0 Å². The highest BCUT2D eigenvalue weighted by Gasteiger charge is 2.36. The predicted octanol–water partition coefficient (Wildman–Crippen LogP) is 2.97. The molecular weight excluding hydrogens is 328 g/mol. The Morgan fingerprint density at radius 3 is 2.50 bits per heavy atom. The molecule has 5 nitrogen and oxygen atoms in total. The van der Waals surface area contributed by atoms with Gasteiger partial charge in [-0.25, -0.2) is 0 Å². The van der Waals surface area contributed by atoms with Crippen LogP contribution in [0.1, 0.15) is 48.9 Å². The van der Waals surface area contributed by atoms with Crippen LogP contribution in [0.4, 0.5) is 0 Å². The highest BCUT2D eigenvalue weighted by Crippen LogP contribution is 2.36. The Bertz CT molecular complexity index is 733. The Labute approximate surface area is 154 Å². The first-order valence-corrected chi connectivity index (χ1v) is 9.17. The van der Waals surface area contributed by atoms with Gasteiger partial charge in [-0.15, -0.1) is 0 Å². The molecule has 1 aromatic heterocycles. The Morgan fingerprint density at radius 2 is 1.88 bits per heavy atom. The summed E-state index contributed by atoms with van der Waals surface area (Å²) in [6.45, 7) is 2.05. The van der Waals surface area contributed by atoms with Crippen molar-refractivity contribution in [3.8, 4) is 5.75 Å². The second-order valence-electron chi connectivity index (χ2n) is 7.26. The van der Waals surface area contributed by atoms with Crippen LogP contribution in [0.5, 0.6) is 5.75 Å². The number of aromatic hydroxyl groups is 1. The average molecular weight is 354 g/mol. The van der Waals surface area contributed by atoms with E-state index in [-0.39, 0.29) is 17.7 Å². The minimum Gasteiger partial charge on any atom is -0.506 e. The largest absolute Gasteiger partial charge is 0.506 e. The molecule has 1 amide bonds. The molecule has 0 unspecified atom stereocenters. The fraction of sp³-hybridized carbons (Fsp3) is 0.429. The molecule has 2 aromatic rings. The van der Waals surface area contributed by atoms with Crippen LogP contribution >= 0.6 is 0 Å². The van der Waals surface area contributed by atoms with Gasteiger partial charge in [0.15, 0.2) is 0 Å². The lowest BCUT2D eigenvalue weighted by molar-refractivity contribution is -0.122. The number of nitrogens with one attached hydrogen (secondary N) is 1. The summed E-state index contributed by atoms with van der Waals surface area (Å²) in [6, 6.07) is 11.5. The first kappa shape index (κ1) is 18.4. The van der Waals surface area contributed by atoms with E-state index >= 15 is 0 Å². The molecule has 1 aliphatic carbocycles. The Hall–Kier alpha value is -2.40. The number of nitrogens with zero attached hydrogens (tertiary/aromatic N) is 1. The van der Waals surface area contributed by atoms with Gasteiger partial charge in [0, 0.05) is 12.5 Å². The topological polar surface area (TPSA) is 82.5 Å². The van der Waals surface area contributed by atoms with Gasteiger partial charge in [-0.2, -0.15) is 0 Å². The SMILES string of the molecule is Cc1ccc(CCC(=O)N[C@H]2CC[C@](O)(c3ccc(O)cn3)CC2)cc1. The van der Waals surface area contributed by atoms with Gasteiger partial charge in [0.25, 0.3) is 0 Å². The molecule has 1 saturated carbocycles. The molecule has 0 spiro atoms. The number of rotatable bonds is 5. The van der Waals surface area contributed by atoms with E-state index in [2.05, 4.69) is 41.5 Å². The van der Waals surface area contributed by atoms with E-state index in [1.165, 1.54) is 17.3 Å². The number of carbonyl (C=O) groups excluding carboxylic acids is 1. The Balaban J connectivity index is 1.46. The molecule has 1 aliphatic rings. The van der Waals surface area contributed by atoms with Gasteiger partial charge >= 0.3 is 0 Å². The van der Waals surface area contributed by atoms with Crippen LogP contribution in [-0.4, -0.2) is 27.1 Å². The summed E-state index contributed by atoms with van der Waals surface area (Å²) in [7, 11) is 0. The fourth-order valence-electron chi connectivity index (χ4n) is 3.47. The van der Waals surface area contributed by atoms with Gasteiger partial charge in [-0.3, -0.25) is 9.78 Å². The quantitative estimate of drug-likeness (QED) is 0.771. The molecule has 0 radical (unpaired) electrons. The van der Waals surface area contributed by atoms with Crippen molar-refractivity contribution < 1.29 is 15.0 Å². The minimum absolute atomic E-state index is 0.0590. The van der Waals surface area contributed by atoms with Gasteiger partial charge < -0.3 is 15.5 Å². The highest BCUT2D eigenvalue weighted by atomic mass is 16.3. The molecule has 0 aliphatic heterocycles. The molecular formula is C21H26N2O3. The van der Waals surface area contributed by atoms with Crippen LogP contribution in [0.2, 0.25) is 0 Å². The lowest BCUT2D eigenvalue weighted by Crippen LogP contribution is -2.42. The maximum Gasteiger partial charge on any atom is 0.220 e. The third-order valence-electron chi connectivity index (χ3n) is 5.16. The maximum atomic E-state index is 12.2. The second-order valence-corrected chi connectivity index (χ2v) is 7.26. The summed E-state index contributed by atoms with van der Waals surface area (Å²) in [4.78, 5) is 16.3. The van der Waals surface area contributed by atoms with E-state index < -0.39 is 5.60 Å². The number of hydrogen-bond acceptors (Lipinski definition) is 4. The first-order valence-electron chi connectivity index (χ1n) is 9.17. The lowest BCUT2D eigenvalue weighted by atomic mass is 9.80. The molecule has 3 rings (SSSR count). The molecule has 5 heteroatoms. The molecule has 3 N–H and O–H groups in total. The molecule has 26 heavy (non-hydrogen) atoms. The lowest BCUT2D eigenvalue weighted by Gasteiger charge is -2.35. The van der Waals surface area contributed by atoms with Gasteiger partial charge in [-0.1, -0.05) is 29.8 Å². The third kappa shape index (κ3) is 4.61. The van der Waals surface area contributed by atoms with Crippen LogP contribution < -0.4 is 5.32 Å². The number of hydrogen-bond donors (Lipinski definition) is 3. The zero-order valence-corrected chi connectivity index (χ0v) is 15.1. The highest BCUT2D eigenvalue weighted by molar-refractivity contribution is 5.76. The number of benzene rings is 1. The van der Waals surface area contributed by atoms with Crippen molar-refractivity contribution in [2.45, 2.75) is 57.1 Å². The van der Waals surface area contributed by atoms with E-state index in [1.54, 1.807) is 12.1 Å². The molecule has 0 atom stereocenters. The molecule has 1 fully saturated rings. The van der Waals surface area contributed by atoms with Crippen molar-refractivity contribution in [1.82, 2.24) is 10.3 Å². The summed E-state index contributed by atoms with van der Waals surface area (Å²) in [5.74, 6) is 0.149. The molecule has 0 saturated heterocycles. The summed E-state index contributed by atoms with van der Waals surface area (Å²) in [5, 5.41) is 23.2. The number of aromatic nitrogens is 1. The number of amides is 1. The number of aliphatic hydroxyl groups is 1. The van der Waals surface area contributed by atoms with Gasteiger partial charge in [0.1, 0.15) is 11.4 Å². The maximum absolute atomic E-state index is 12.2. The van der Waals surface area contributed by atoms with E-state index in [0.717, 1.165) is 19.3 Å². The zero-order valence-electron chi connectivity index (χ0n) is 15.1. The summed E-state index contributed by atoms with van der Waals surface area (Å²) in [6.07, 6.45) is 5.10. The number of carbonyl (C=O) groups is 1. The zero-order chi connectivity index (χ0) is 18.6. The third-order valence-corrected chi connectivity index (χ3v) is 5.16. The van der Waals surface area contributed by atoms with E-state index in [4.69, 9.17) is 0 Å². The Kier molecular flexibility index (Phi) is 5.57. The van der Waals surface area contributed by atoms with Gasteiger partial charge in [-0.05, 0) is 56.7 Å². The normalized spacial score (nSPS) is 22.8. The average Bonchev–Trinajstić information content (AvgIpc) is 2.64. The van der Waals surface area contributed by atoms with Gasteiger partial charge in [0.05, 0.1) is 11.9 Å². The van der Waals surface area contributed by atoms with Crippen molar-refractivity contribution >= 4 is 5.91 Å². The van der Waals surface area contributed by atoms with Gasteiger partial charge in [0.2, 0.25) is 5.91 Å². The summed E-state index contributed by atoms with van der Waals surface area (Å²) < 4.78 is 0. The number of aryl methyl sites for hydroxylation is 2. The van der Waals surface area contributed by atoms with Crippen LogP contribution in [0.3, 0.4) is 0 Å². The molecule has 0 bridgehead atoms. The van der Waals surface area contributed by atoms with Crippen molar-refractivity contribution in [2.24, 2.45) is 0 Å². The summed E-state index contributed by atoms with van der Waals surface area (Å²) in [5.41, 5.74) is 1.99. The van der Waals surface area contributed by atoms with Crippen molar-refractivity contribution in [3.63, 3.8) is 0 Å². The number of pyridine rings is 1. The molecule has 138 valence electrons. The first-order chi connectivity index (χ1) is 12.4. The van der Waals surface area contributed by atoms with Crippen LogP contribution in [0, 0.1) is 6.92 Å². The van der Waals surface area contributed by atoms with Crippen LogP contribution in [0.15, 0.2) is 42.6 Å².